The molecule has 0 fully saturated rings. The van der Waals surface area contributed by atoms with Gasteiger partial charge in [-0.25, -0.2) is 9.97 Å². The highest BCUT2D eigenvalue weighted by atomic mass is 79.9. The Kier molecular flexibility index (Phi) is 5.20. The molecule has 0 aliphatic rings. The lowest BCUT2D eigenvalue weighted by molar-refractivity contribution is 0.605. The molecule has 0 aliphatic carbocycles. The maximum absolute atomic E-state index is 11.5. The molecule has 0 amide bonds. The van der Waals surface area contributed by atoms with Crippen molar-refractivity contribution in [2.24, 2.45) is 0 Å². The summed E-state index contributed by atoms with van der Waals surface area (Å²) in [5.74, 6) is 0.807. The van der Waals surface area contributed by atoms with E-state index in [0.29, 0.717) is 0 Å². The molecule has 0 saturated carbocycles. The third kappa shape index (κ3) is 3.40. The summed E-state index contributed by atoms with van der Waals surface area (Å²) in [5.41, 5.74) is 1.65. The minimum absolute atomic E-state index is 0.140. The Bertz CT molecular complexity index is 644. The lowest BCUT2D eigenvalue weighted by Crippen LogP contribution is -2.14. The van der Waals surface area contributed by atoms with E-state index in [4.69, 9.17) is 11.6 Å². The average Bonchev–Trinajstić information content (AvgIpc) is 2.73. The van der Waals surface area contributed by atoms with Gasteiger partial charge in [-0.15, -0.1) is 11.6 Å². The van der Waals surface area contributed by atoms with E-state index in [0.717, 1.165) is 34.4 Å². The highest BCUT2D eigenvalue weighted by Gasteiger charge is 2.17. The SMILES string of the molecule is CC(Cl)c1nc2cc(Br)cnc2n1CCC(C)S(C)=O. The molecule has 0 radical (unpaired) electrons. The van der Waals surface area contributed by atoms with E-state index in [-0.39, 0.29) is 10.6 Å². The number of hydrogen-bond donors (Lipinski definition) is 0. The quantitative estimate of drug-likeness (QED) is 0.746. The molecule has 3 unspecified atom stereocenters. The van der Waals surface area contributed by atoms with E-state index in [1.165, 1.54) is 0 Å². The lowest BCUT2D eigenvalue weighted by Gasteiger charge is -2.12. The van der Waals surface area contributed by atoms with Crippen molar-refractivity contribution in [3.8, 4) is 0 Å². The second kappa shape index (κ2) is 6.54. The molecule has 2 aromatic rings. The molecular formula is C13H17BrClN3OS. The summed E-state index contributed by atoms with van der Waals surface area (Å²) >= 11 is 9.61. The first kappa shape index (κ1) is 15.9. The third-order valence-electron chi connectivity index (χ3n) is 3.26. The average molecular weight is 379 g/mol. The van der Waals surface area contributed by atoms with Crippen LogP contribution in [0.25, 0.3) is 11.2 Å². The minimum atomic E-state index is -0.821. The van der Waals surface area contributed by atoms with Crippen LogP contribution in [0.15, 0.2) is 16.7 Å². The fraction of sp³-hybridized carbons (Fsp3) is 0.538. The largest absolute Gasteiger partial charge is 0.311 e. The second-order valence-electron chi connectivity index (χ2n) is 4.83. The van der Waals surface area contributed by atoms with E-state index < -0.39 is 10.8 Å². The standard InChI is InChI=1S/C13H17BrClN3OS/c1-8(20(3)19)4-5-18-12(9(2)15)17-11-6-10(14)7-16-13(11)18/h6-9H,4-5H2,1-3H3. The fourth-order valence-corrected chi connectivity index (χ4v) is 2.93. The molecular weight excluding hydrogens is 362 g/mol. The highest BCUT2D eigenvalue weighted by molar-refractivity contribution is 9.10. The van der Waals surface area contributed by atoms with Crippen LogP contribution < -0.4 is 0 Å². The Balaban J connectivity index is 2.38. The lowest BCUT2D eigenvalue weighted by atomic mass is 10.3. The van der Waals surface area contributed by atoms with Gasteiger partial charge < -0.3 is 4.57 Å². The molecule has 0 N–H and O–H groups in total. The molecule has 0 aromatic carbocycles. The van der Waals surface area contributed by atoms with Gasteiger partial charge in [-0.05, 0) is 35.3 Å². The molecule has 0 bridgehead atoms. The number of aromatic nitrogens is 3. The molecule has 0 spiro atoms. The Hall–Kier alpha value is -0.460. The molecule has 110 valence electrons. The zero-order valence-corrected chi connectivity index (χ0v) is 14.8. The van der Waals surface area contributed by atoms with Crippen molar-refractivity contribution in [3.05, 3.63) is 22.6 Å². The van der Waals surface area contributed by atoms with E-state index >= 15 is 0 Å². The number of alkyl halides is 1. The van der Waals surface area contributed by atoms with Gasteiger partial charge >= 0.3 is 0 Å². The van der Waals surface area contributed by atoms with Gasteiger partial charge in [0.05, 0.1) is 5.38 Å². The van der Waals surface area contributed by atoms with E-state index in [2.05, 4.69) is 25.9 Å². The van der Waals surface area contributed by atoms with Crippen molar-refractivity contribution in [2.75, 3.05) is 6.26 Å². The van der Waals surface area contributed by atoms with E-state index in [1.807, 2.05) is 24.5 Å². The van der Waals surface area contributed by atoms with Crippen LogP contribution in [-0.2, 0) is 17.3 Å². The number of imidazole rings is 1. The second-order valence-corrected chi connectivity index (χ2v) is 8.20. The summed E-state index contributed by atoms with van der Waals surface area (Å²) in [6, 6.07) is 1.93. The van der Waals surface area contributed by atoms with E-state index in [9.17, 15) is 4.21 Å². The van der Waals surface area contributed by atoms with Crippen LogP contribution in [-0.4, -0.2) is 30.2 Å². The van der Waals surface area contributed by atoms with Crippen molar-refractivity contribution in [1.82, 2.24) is 14.5 Å². The number of nitrogens with zero attached hydrogens (tertiary/aromatic N) is 3. The van der Waals surface area contributed by atoms with Gasteiger partial charge in [0.15, 0.2) is 5.65 Å². The predicted molar refractivity (Wildman–Crippen MR) is 87.6 cm³/mol. The van der Waals surface area contributed by atoms with Crippen molar-refractivity contribution in [3.63, 3.8) is 0 Å². The fourth-order valence-electron chi connectivity index (χ4n) is 2.00. The first-order chi connectivity index (χ1) is 9.40. The minimum Gasteiger partial charge on any atom is -0.311 e. The smallest absolute Gasteiger partial charge is 0.160 e. The van der Waals surface area contributed by atoms with Crippen LogP contribution in [0.5, 0.6) is 0 Å². The Morgan fingerprint density at radius 1 is 1.50 bits per heavy atom. The number of fused-ring (bicyclic) bond motifs is 1. The van der Waals surface area contributed by atoms with Crippen molar-refractivity contribution < 1.29 is 4.21 Å². The zero-order valence-electron chi connectivity index (χ0n) is 11.6. The van der Waals surface area contributed by atoms with Gasteiger partial charge in [-0.1, -0.05) is 6.92 Å². The maximum Gasteiger partial charge on any atom is 0.160 e. The van der Waals surface area contributed by atoms with Gasteiger partial charge in [0.1, 0.15) is 11.3 Å². The Morgan fingerprint density at radius 2 is 2.20 bits per heavy atom. The number of pyridine rings is 1. The highest BCUT2D eigenvalue weighted by Crippen LogP contribution is 2.25. The molecule has 20 heavy (non-hydrogen) atoms. The summed E-state index contributed by atoms with van der Waals surface area (Å²) in [6.45, 7) is 4.61. The van der Waals surface area contributed by atoms with Crippen LogP contribution in [0.2, 0.25) is 0 Å². The first-order valence-corrected chi connectivity index (χ1v) is 9.23. The normalized spacial score (nSPS) is 16.2. The van der Waals surface area contributed by atoms with Crippen LogP contribution in [0.1, 0.15) is 31.5 Å². The van der Waals surface area contributed by atoms with Gasteiger partial charge in [0, 0.05) is 39.5 Å². The van der Waals surface area contributed by atoms with Crippen LogP contribution in [0.4, 0.5) is 0 Å². The number of rotatable bonds is 5. The number of hydrogen-bond acceptors (Lipinski definition) is 3. The Morgan fingerprint density at radius 3 is 2.80 bits per heavy atom. The van der Waals surface area contributed by atoms with E-state index in [1.54, 1.807) is 12.5 Å². The van der Waals surface area contributed by atoms with Crippen LogP contribution in [0.3, 0.4) is 0 Å². The van der Waals surface area contributed by atoms with Crippen molar-refractivity contribution in [2.45, 2.75) is 37.4 Å². The maximum atomic E-state index is 11.5. The van der Waals surface area contributed by atoms with Gasteiger partial charge in [0.25, 0.3) is 0 Å². The molecule has 7 heteroatoms. The summed E-state index contributed by atoms with van der Waals surface area (Å²) in [6.07, 6.45) is 4.30. The summed E-state index contributed by atoms with van der Waals surface area (Å²) in [4.78, 5) is 8.98. The monoisotopic (exact) mass is 377 g/mol. The molecule has 4 nitrogen and oxygen atoms in total. The third-order valence-corrected chi connectivity index (χ3v) is 5.26. The van der Waals surface area contributed by atoms with Crippen LogP contribution in [0, 0.1) is 0 Å². The zero-order chi connectivity index (χ0) is 14.9. The molecule has 2 aromatic heterocycles. The number of halogens is 2. The molecule has 3 atom stereocenters. The summed E-state index contributed by atoms with van der Waals surface area (Å²) in [7, 11) is -0.821. The summed E-state index contributed by atoms with van der Waals surface area (Å²) < 4.78 is 14.4. The van der Waals surface area contributed by atoms with Gasteiger partial charge in [0.2, 0.25) is 0 Å². The predicted octanol–water partition coefficient (Wildman–Crippen LogP) is 3.65. The summed E-state index contributed by atoms with van der Waals surface area (Å²) in [5, 5.41) is -0.0493. The first-order valence-electron chi connectivity index (χ1n) is 6.38. The number of aryl methyl sites for hydroxylation is 1. The molecule has 2 rings (SSSR count). The van der Waals surface area contributed by atoms with Crippen LogP contribution >= 0.6 is 27.5 Å². The molecule has 2 heterocycles. The Labute approximate surface area is 134 Å². The van der Waals surface area contributed by atoms with Gasteiger partial charge in [-0.2, -0.15) is 0 Å². The molecule has 0 saturated heterocycles. The van der Waals surface area contributed by atoms with Gasteiger partial charge in [-0.3, -0.25) is 4.21 Å². The molecule has 0 aliphatic heterocycles. The van der Waals surface area contributed by atoms with Crippen molar-refractivity contribution >= 4 is 49.5 Å². The topological polar surface area (TPSA) is 47.8 Å². The van der Waals surface area contributed by atoms with Crippen molar-refractivity contribution in [1.29, 1.82) is 0 Å².